The lowest BCUT2D eigenvalue weighted by Gasteiger charge is -2.27. The molecule has 0 radical (unpaired) electrons. The molecule has 26 aromatic rings. The summed E-state index contributed by atoms with van der Waals surface area (Å²) in [7, 11) is 0. The number of benzene rings is 18. The van der Waals surface area contributed by atoms with Gasteiger partial charge in [0, 0.05) is 121 Å². The van der Waals surface area contributed by atoms with E-state index in [4.69, 9.17) is 26.5 Å². The smallest absolute Gasteiger partial charge is 0.145 e. The van der Waals surface area contributed by atoms with Gasteiger partial charge in [-0.3, -0.25) is 0 Å². The highest BCUT2D eigenvalue weighted by atomic mass is 16.3. The van der Waals surface area contributed by atoms with Gasteiger partial charge in [0.25, 0.3) is 0 Å². The topological polar surface area (TPSA) is 95.2 Å². The quantitative estimate of drug-likeness (QED) is 0.134. The number of para-hydroxylation sites is 10. The molecule has 118 heavy (non-hydrogen) atoms. The van der Waals surface area contributed by atoms with Gasteiger partial charge in [0.15, 0.2) is 0 Å². The van der Waals surface area contributed by atoms with E-state index in [1.807, 2.05) is 60.7 Å². The minimum atomic E-state index is 0.833. The number of fused-ring (bicyclic) bond motifs is 24. The van der Waals surface area contributed by atoms with Crippen LogP contribution in [0.5, 0.6) is 0 Å². The van der Waals surface area contributed by atoms with Crippen molar-refractivity contribution in [3.8, 4) is 33.6 Å². The van der Waals surface area contributed by atoms with Crippen LogP contribution in [0.3, 0.4) is 0 Å². The third kappa shape index (κ3) is 10.1. The van der Waals surface area contributed by atoms with Gasteiger partial charge in [-0.05, 0) is 199 Å². The van der Waals surface area contributed by atoms with Crippen molar-refractivity contribution in [1.29, 1.82) is 0 Å². The van der Waals surface area contributed by atoms with Gasteiger partial charge >= 0.3 is 0 Å². The van der Waals surface area contributed by atoms with Crippen LogP contribution in [-0.2, 0) is 0 Å². The average molecular weight is 1510 g/mol. The summed E-state index contributed by atoms with van der Waals surface area (Å²) in [5.41, 5.74) is 27.4. The number of furan rings is 6. The molecule has 0 aliphatic heterocycles. The van der Waals surface area contributed by atoms with E-state index in [2.05, 4.69) is 347 Å². The van der Waals surface area contributed by atoms with Crippen molar-refractivity contribution in [2.24, 2.45) is 0 Å². The molecule has 0 aliphatic rings. The SMILES string of the molecule is c1ccc(-n2c3ccccc3c3cc(-c4ccc(N(c5ccc6oc7ccccc7c6c5)c5ccc6oc7ccccc7c6c5)c5c4oc4ccccc45)ccc32)cc1.c1ccc(-n2c3ccccc3c3ccc(-c4ccc(N(c5ccc6oc7ccccc7c6c5)c5ccc6oc7ccccc7c6c5)c5c4oc4ccccc45)cc32)cc1. The van der Waals surface area contributed by atoms with Crippen LogP contribution in [0.25, 0.3) is 209 Å². The van der Waals surface area contributed by atoms with E-state index in [0.717, 1.165) is 210 Å². The first-order valence-corrected chi connectivity index (χ1v) is 39.8. The van der Waals surface area contributed by atoms with Crippen LogP contribution in [0.4, 0.5) is 34.1 Å². The van der Waals surface area contributed by atoms with Crippen LogP contribution in [-0.4, -0.2) is 9.13 Å². The number of hydrogen-bond donors (Lipinski definition) is 0. The van der Waals surface area contributed by atoms with Crippen molar-refractivity contribution in [3.05, 3.63) is 388 Å². The summed E-state index contributed by atoms with van der Waals surface area (Å²) in [6.07, 6.45) is 0. The number of anilines is 6. The van der Waals surface area contributed by atoms with Gasteiger partial charge in [0.1, 0.15) is 67.0 Å². The molecular formula is C108H64N4O6. The van der Waals surface area contributed by atoms with Gasteiger partial charge in [0.2, 0.25) is 0 Å². The first kappa shape index (κ1) is 65.5. The second-order valence-electron chi connectivity index (χ2n) is 30.5. The van der Waals surface area contributed by atoms with Crippen LogP contribution in [0.15, 0.2) is 415 Å². The highest BCUT2D eigenvalue weighted by Crippen LogP contribution is 2.52. The van der Waals surface area contributed by atoms with Gasteiger partial charge in [-0.25, -0.2) is 0 Å². The van der Waals surface area contributed by atoms with Crippen molar-refractivity contribution in [3.63, 3.8) is 0 Å². The fraction of sp³-hybridized carbons (Fsp3) is 0. The Bertz CT molecular complexity index is 8390. The Morgan fingerprint density at radius 2 is 0.475 bits per heavy atom. The summed E-state index contributed by atoms with van der Waals surface area (Å²) < 4.78 is 43.9. The predicted molar refractivity (Wildman–Crippen MR) is 485 cm³/mol. The van der Waals surface area contributed by atoms with Crippen molar-refractivity contribution in [2.45, 2.75) is 0 Å². The summed E-state index contributed by atoms with van der Waals surface area (Å²) in [6, 6.07) is 137. The maximum atomic E-state index is 6.95. The Balaban J connectivity index is 0.000000131. The van der Waals surface area contributed by atoms with Gasteiger partial charge in [0.05, 0.1) is 44.2 Å². The van der Waals surface area contributed by atoms with Gasteiger partial charge in [-0.1, -0.05) is 200 Å². The molecule has 552 valence electrons. The number of nitrogens with zero attached hydrogens (tertiary/aromatic N) is 4. The molecule has 0 unspecified atom stereocenters. The van der Waals surface area contributed by atoms with Gasteiger partial charge in [-0.2, -0.15) is 0 Å². The summed E-state index contributed by atoms with van der Waals surface area (Å²) in [4.78, 5) is 4.71. The maximum Gasteiger partial charge on any atom is 0.145 e. The summed E-state index contributed by atoms with van der Waals surface area (Å²) in [5.74, 6) is 0. The Morgan fingerprint density at radius 3 is 0.881 bits per heavy atom. The normalized spacial score (nSPS) is 12.1. The number of aromatic nitrogens is 2. The first-order chi connectivity index (χ1) is 58.5. The molecular weight excluding hydrogens is 1450 g/mol. The Morgan fingerprint density at radius 1 is 0.178 bits per heavy atom. The standard InChI is InChI=1S/2C54H32N2O3/c1-2-12-34(13-3-1)56-45-18-8-4-14-38(45)42-30-33(22-26-46(42)56)37-25-27-47(53-41-17-7-11-21-50(41)59-54(37)53)55(35-23-28-51-43(31-35)39-15-5-9-19-48(39)57-51)36-24-29-52-44(32-36)40-16-6-10-20-49(40)58-52;1-2-12-34(13-3-1)56-45-18-8-4-14-38(45)39-25-22-33(30-47(39)56)37-26-27-46(53-42-17-7-11-21-50(42)59-54(37)53)55(35-23-28-51-43(31-35)40-15-5-9-19-48(40)57-51)36-24-29-52-44(32-36)41-16-6-10-20-49(41)58-52/h2*1-32H. The molecule has 0 N–H and O–H groups in total. The monoisotopic (exact) mass is 1510 g/mol. The molecule has 8 aromatic heterocycles. The molecule has 10 heteroatoms. The molecule has 26 rings (SSSR count). The third-order valence-corrected chi connectivity index (χ3v) is 24.0. The minimum Gasteiger partial charge on any atom is -0.456 e. The van der Waals surface area contributed by atoms with Crippen LogP contribution in [0.1, 0.15) is 0 Å². The third-order valence-electron chi connectivity index (χ3n) is 24.0. The van der Waals surface area contributed by atoms with Gasteiger partial charge in [-0.15, -0.1) is 0 Å². The largest absolute Gasteiger partial charge is 0.456 e. The van der Waals surface area contributed by atoms with Crippen molar-refractivity contribution in [2.75, 3.05) is 9.80 Å². The Kier molecular flexibility index (Phi) is 14.3. The fourth-order valence-corrected chi connectivity index (χ4v) is 18.7. The summed E-state index contributed by atoms with van der Waals surface area (Å²) >= 11 is 0. The van der Waals surface area contributed by atoms with Crippen molar-refractivity contribution in [1.82, 2.24) is 9.13 Å². The first-order valence-electron chi connectivity index (χ1n) is 39.8. The number of hydrogen-bond acceptors (Lipinski definition) is 8. The molecule has 0 bridgehead atoms. The van der Waals surface area contributed by atoms with Crippen LogP contribution >= 0.6 is 0 Å². The fourth-order valence-electron chi connectivity index (χ4n) is 18.7. The van der Waals surface area contributed by atoms with Crippen molar-refractivity contribution < 1.29 is 26.5 Å². The second kappa shape index (κ2) is 25.7. The van der Waals surface area contributed by atoms with Crippen LogP contribution < -0.4 is 9.80 Å². The zero-order chi connectivity index (χ0) is 77.2. The molecule has 0 atom stereocenters. The molecule has 0 aliphatic carbocycles. The van der Waals surface area contributed by atoms with E-state index >= 15 is 0 Å². The van der Waals surface area contributed by atoms with Crippen molar-refractivity contribution >= 4 is 209 Å². The average Bonchev–Trinajstić information content (AvgIpc) is 1.54. The minimum absolute atomic E-state index is 0.833. The molecule has 0 fully saturated rings. The van der Waals surface area contributed by atoms with E-state index < -0.39 is 0 Å². The Hall–Kier alpha value is -16.0. The summed E-state index contributed by atoms with van der Waals surface area (Å²) in [5, 5.41) is 17.6. The molecule has 0 saturated carbocycles. The summed E-state index contributed by atoms with van der Waals surface area (Å²) in [6.45, 7) is 0. The lowest BCUT2D eigenvalue weighted by atomic mass is 9.98. The highest BCUT2D eigenvalue weighted by Gasteiger charge is 2.28. The molecule has 0 saturated heterocycles. The number of rotatable bonds is 10. The lowest BCUT2D eigenvalue weighted by Crippen LogP contribution is -2.10. The van der Waals surface area contributed by atoms with E-state index in [1.54, 1.807) is 0 Å². The van der Waals surface area contributed by atoms with Crippen LogP contribution in [0, 0.1) is 0 Å². The maximum absolute atomic E-state index is 6.95. The van der Waals surface area contributed by atoms with E-state index in [1.165, 1.54) is 32.6 Å². The second-order valence-corrected chi connectivity index (χ2v) is 30.5. The Labute approximate surface area is 672 Å². The van der Waals surface area contributed by atoms with E-state index in [0.29, 0.717) is 0 Å². The lowest BCUT2D eigenvalue weighted by molar-refractivity contribution is 0.668. The zero-order valence-electron chi connectivity index (χ0n) is 63.2. The predicted octanol–water partition coefficient (Wildman–Crippen LogP) is 31.2. The van der Waals surface area contributed by atoms with E-state index in [-0.39, 0.29) is 0 Å². The molecule has 10 nitrogen and oxygen atoms in total. The molecule has 0 spiro atoms. The molecule has 0 amide bonds. The van der Waals surface area contributed by atoms with E-state index in [9.17, 15) is 0 Å². The molecule has 8 heterocycles. The van der Waals surface area contributed by atoms with Gasteiger partial charge < -0.3 is 45.4 Å². The highest BCUT2D eigenvalue weighted by molar-refractivity contribution is 6.22. The van der Waals surface area contributed by atoms with Crippen LogP contribution in [0.2, 0.25) is 0 Å². The molecule has 18 aromatic carbocycles. The zero-order valence-corrected chi connectivity index (χ0v) is 63.2.